The van der Waals surface area contributed by atoms with Gasteiger partial charge in [0.2, 0.25) is 6.29 Å². The highest BCUT2D eigenvalue weighted by Crippen LogP contribution is 2.40. The van der Waals surface area contributed by atoms with Gasteiger partial charge >= 0.3 is 0 Å². The van der Waals surface area contributed by atoms with Gasteiger partial charge in [-0.05, 0) is 81.2 Å². The highest BCUT2D eigenvalue weighted by Gasteiger charge is 2.30. The molecule has 0 amide bonds. The van der Waals surface area contributed by atoms with E-state index >= 15 is 0 Å². The van der Waals surface area contributed by atoms with E-state index < -0.39 is 0 Å². The number of rotatable bonds is 4. The first-order chi connectivity index (χ1) is 28.2. The van der Waals surface area contributed by atoms with Gasteiger partial charge in [0, 0.05) is 27.2 Å². The first-order valence-corrected chi connectivity index (χ1v) is 19.6. The number of para-hydroxylation sites is 3. The Morgan fingerprint density at radius 2 is 0.982 bits per heavy atom. The van der Waals surface area contributed by atoms with E-state index in [0.717, 1.165) is 44.9 Å². The molecule has 1 fully saturated rings. The predicted octanol–water partition coefficient (Wildman–Crippen LogP) is 10.7. The zero-order chi connectivity index (χ0) is 37.5. The van der Waals surface area contributed by atoms with Crippen molar-refractivity contribution in [2.75, 3.05) is 0 Å². The predicted molar refractivity (Wildman–Crippen MR) is 234 cm³/mol. The maximum atomic E-state index is 5.18. The molecular formula is C50H37N7. The highest BCUT2D eigenvalue weighted by atomic mass is 15.4. The molecule has 3 atom stereocenters. The van der Waals surface area contributed by atoms with Crippen LogP contribution in [0, 0.1) is 0 Å². The second-order valence-corrected chi connectivity index (χ2v) is 15.1. The van der Waals surface area contributed by atoms with Crippen molar-refractivity contribution >= 4 is 71.4 Å². The number of nitrogens with one attached hydrogen (secondary N) is 4. The number of fused-ring (bicyclic) bond motifs is 8. The van der Waals surface area contributed by atoms with Crippen molar-refractivity contribution in [2.45, 2.75) is 18.6 Å². The monoisotopic (exact) mass is 735 g/mol. The first kappa shape index (κ1) is 31.9. The Morgan fingerprint density at radius 1 is 0.421 bits per heavy atom. The minimum Gasteiger partial charge on any atom is -0.351 e. The lowest BCUT2D eigenvalue weighted by molar-refractivity contribution is 0.307. The van der Waals surface area contributed by atoms with Crippen LogP contribution in [0.1, 0.15) is 29.7 Å². The van der Waals surface area contributed by atoms with Crippen LogP contribution in [-0.4, -0.2) is 15.3 Å². The van der Waals surface area contributed by atoms with Gasteiger partial charge in [0.25, 0.3) is 0 Å². The van der Waals surface area contributed by atoms with Gasteiger partial charge in [0.1, 0.15) is 18.2 Å². The number of hydrogen-bond acceptors (Lipinski definition) is 5. The van der Waals surface area contributed by atoms with E-state index in [4.69, 9.17) is 4.99 Å². The molecule has 8 aromatic carbocycles. The molecule has 12 rings (SSSR count). The zero-order valence-corrected chi connectivity index (χ0v) is 30.9. The number of aliphatic imine (C=N–C) groups is 1. The molecule has 1 saturated heterocycles. The van der Waals surface area contributed by atoms with Crippen molar-refractivity contribution in [2.24, 2.45) is 4.99 Å². The lowest BCUT2D eigenvalue weighted by Gasteiger charge is -2.37. The fourth-order valence-corrected chi connectivity index (χ4v) is 9.08. The quantitative estimate of drug-likeness (QED) is 0.145. The van der Waals surface area contributed by atoms with Gasteiger partial charge in [-0.3, -0.25) is 5.32 Å². The summed E-state index contributed by atoms with van der Waals surface area (Å²) in [6.45, 7) is 0. The molecule has 0 radical (unpaired) electrons. The summed E-state index contributed by atoms with van der Waals surface area (Å²) >= 11 is 0. The van der Waals surface area contributed by atoms with Crippen molar-refractivity contribution in [1.82, 2.24) is 30.4 Å². The fourth-order valence-electron chi connectivity index (χ4n) is 9.08. The van der Waals surface area contributed by atoms with Gasteiger partial charge in [-0.25, -0.2) is 4.99 Å². The van der Waals surface area contributed by atoms with Crippen LogP contribution in [0.4, 0.5) is 0 Å². The molecule has 0 bridgehead atoms. The molecule has 0 saturated carbocycles. The number of benzene rings is 8. The van der Waals surface area contributed by atoms with Crippen LogP contribution >= 0.6 is 0 Å². The maximum absolute atomic E-state index is 5.18. The van der Waals surface area contributed by atoms with E-state index in [9.17, 15) is 0 Å². The Labute approximate surface area is 328 Å². The molecule has 4 N–H and O–H groups in total. The molecule has 272 valence electrons. The second kappa shape index (κ2) is 12.6. The van der Waals surface area contributed by atoms with E-state index in [1.54, 1.807) is 0 Å². The van der Waals surface area contributed by atoms with Gasteiger partial charge in [0.05, 0.1) is 34.0 Å². The number of hydrogen-bond donors (Lipinski definition) is 4. The molecule has 7 nitrogen and oxygen atoms in total. The smallest absolute Gasteiger partial charge is 0.201 e. The minimum atomic E-state index is -0.362. The van der Waals surface area contributed by atoms with E-state index in [0.29, 0.717) is 0 Å². The van der Waals surface area contributed by atoms with E-state index in [-0.39, 0.29) is 18.6 Å². The SMILES string of the molecule is C1=NC(n2c3ccccc3c3cc4c5ccccc5n(-c5ccccc5)c4cc32)NC1=C1NC(c2ccc3ccccc3c2)NC(c2ccc3ccccc3c2)N1. The molecule has 2 aliphatic rings. The van der Waals surface area contributed by atoms with Crippen LogP contribution in [0.15, 0.2) is 192 Å². The highest BCUT2D eigenvalue weighted by molar-refractivity contribution is 6.18. The van der Waals surface area contributed by atoms with Crippen molar-refractivity contribution in [3.05, 3.63) is 199 Å². The summed E-state index contributed by atoms with van der Waals surface area (Å²) in [5, 5.41) is 25.1. The van der Waals surface area contributed by atoms with Gasteiger partial charge in [0.15, 0.2) is 0 Å². The average Bonchev–Trinajstić information content (AvgIpc) is 3.98. The topological polar surface area (TPSA) is 70.3 Å². The fraction of sp³-hybridized carbons (Fsp3) is 0.0600. The standard InChI is InChI=1S/C50H37N7/c1-2-16-37(17-3-1)56-43-20-10-8-18-38(43)40-28-41-39-19-9-11-21-44(39)57(46(41)29-45(40)56)50-51-30-42(52-50)49-54-47(35-24-22-31-12-4-6-14-33(31)26-35)53-48(55-49)36-25-23-32-13-5-7-15-34(32)27-36/h1-30,47-48,50,52-55H. The largest absolute Gasteiger partial charge is 0.351 e. The summed E-state index contributed by atoms with van der Waals surface area (Å²) in [6, 6.07) is 63.2. The first-order valence-electron chi connectivity index (χ1n) is 19.6. The molecular weight excluding hydrogens is 699 g/mol. The summed E-state index contributed by atoms with van der Waals surface area (Å²) in [6.07, 6.45) is 1.29. The summed E-state index contributed by atoms with van der Waals surface area (Å²) < 4.78 is 4.73. The Morgan fingerprint density at radius 3 is 1.67 bits per heavy atom. The molecule has 7 heteroatoms. The molecule has 0 spiro atoms. The van der Waals surface area contributed by atoms with Crippen LogP contribution in [0.2, 0.25) is 0 Å². The molecule has 2 aromatic heterocycles. The second-order valence-electron chi connectivity index (χ2n) is 15.1. The van der Waals surface area contributed by atoms with Crippen molar-refractivity contribution in [1.29, 1.82) is 0 Å². The third-order valence-corrected chi connectivity index (χ3v) is 11.8. The van der Waals surface area contributed by atoms with E-state index in [2.05, 4.69) is 206 Å². The third kappa shape index (κ3) is 5.13. The lowest BCUT2D eigenvalue weighted by atomic mass is 10.0. The summed E-state index contributed by atoms with van der Waals surface area (Å²) in [7, 11) is 0. The molecule has 2 aliphatic heterocycles. The Kier molecular flexibility index (Phi) is 7.06. The van der Waals surface area contributed by atoms with Gasteiger partial charge < -0.3 is 25.1 Å². The van der Waals surface area contributed by atoms with Gasteiger partial charge in [-0.2, -0.15) is 0 Å². The maximum Gasteiger partial charge on any atom is 0.201 e. The molecule has 3 unspecified atom stereocenters. The van der Waals surface area contributed by atoms with Crippen LogP contribution < -0.4 is 21.3 Å². The van der Waals surface area contributed by atoms with Crippen molar-refractivity contribution < 1.29 is 0 Å². The number of aromatic nitrogens is 2. The summed E-state index contributed by atoms with van der Waals surface area (Å²) in [4.78, 5) is 5.18. The average molecular weight is 736 g/mol. The molecule has 4 heterocycles. The van der Waals surface area contributed by atoms with E-state index in [1.807, 2.05) is 6.21 Å². The Bertz CT molecular complexity index is 3190. The Balaban J connectivity index is 0.986. The third-order valence-electron chi connectivity index (χ3n) is 11.8. The number of allylic oxidation sites excluding steroid dienone is 1. The number of nitrogens with zero attached hydrogens (tertiary/aromatic N) is 3. The van der Waals surface area contributed by atoms with Gasteiger partial charge in [-0.1, -0.05) is 127 Å². The normalized spacial score (nSPS) is 18.2. The molecule has 10 aromatic rings. The van der Waals surface area contributed by atoms with Crippen LogP contribution in [0.5, 0.6) is 0 Å². The summed E-state index contributed by atoms with van der Waals surface area (Å²) in [5.41, 5.74) is 8.97. The molecule has 0 aliphatic carbocycles. The summed E-state index contributed by atoms with van der Waals surface area (Å²) in [5.74, 6) is 0.892. The van der Waals surface area contributed by atoms with Crippen LogP contribution in [0.3, 0.4) is 0 Å². The van der Waals surface area contributed by atoms with Gasteiger partial charge in [-0.15, -0.1) is 0 Å². The zero-order valence-electron chi connectivity index (χ0n) is 30.9. The minimum absolute atomic E-state index is 0.162. The van der Waals surface area contributed by atoms with Crippen LogP contribution in [0.25, 0.3) is 70.8 Å². The van der Waals surface area contributed by atoms with Crippen molar-refractivity contribution in [3.63, 3.8) is 0 Å². The lowest BCUT2D eigenvalue weighted by Crippen LogP contribution is -2.52. The Hall–Kier alpha value is -7.35. The van der Waals surface area contributed by atoms with Crippen LogP contribution in [-0.2, 0) is 0 Å². The molecule has 57 heavy (non-hydrogen) atoms. The van der Waals surface area contributed by atoms with Crippen molar-refractivity contribution in [3.8, 4) is 5.69 Å². The van der Waals surface area contributed by atoms with E-state index in [1.165, 1.54) is 48.6 Å².